The van der Waals surface area contributed by atoms with E-state index in [1.807, 2.05) is 6.92 Å². The lowest BCUT2D eigenvalue weighted by atomic mass is 9.96. The Kier molecular flexibility index (Phi) is 4.60. The molecular weight excluding hydrogens is 409 g/mol. The second-order valence-electron chi connectivity index (χ2n) is 6.84. The van der Waals surface area contributed by atoms with E-state index in [1.54, 1.807) is 30.2 Å². The van der Waals surface area contributed by atoms with Crippen LogP contribution in [0.3, 0.4) is 0 Å². The highest BCUT2D eigenvalue weighted by molar-refractivity contribution is 6.34. The molecule has 0 saturated carbocycles. The third-order valence-corrected chi connectivity index (χ3v) is 5.41. The first-order valence-electron chi connectivity index (χ1n) is 8.83. The van der Waals surface area contributed by atoms with Crippen LogP contribution in [-0.4, -0.2) is 41.8 Å². The summed E-state index contributed by atoms with van der Waals surface area (Å²) in [6, 6.07) is 4.26. The predicted molar refractivity (Wildman–Crippen MR) is 97.2 cm³/mol. The first-order valence-corrected chi connectivity index (χ1v) is 9.21. The number of carbonyl (C=O) groups excluding carboxylic acids is 1. The lowest BCUT2D eigenvalue weighted by Gasteiger charge is -2.38. The van der Waals surface area contributed by atoms with Gasteiger partial charge in [0.1, 0.15) is 5.69 Å². The SMILES string of the molecule is C[C@H]1Cc2c(nnn2-n2cccn2)[C@H](C)N1C(=O)c1cccc(C(F)(F)F)c1Cl. The van der Waals surface area contributed by atoms with Crippen molar-refractivity contribution in [3.63, 3.8) is 0 Å². The average molecular weight is 425 g/mol. The van der Waals surface area contributed by atoms with Crippen LogP contribution < -0.4 is 0 Å². The fourth-order valence-electron chi connectivity index (χ4n) is 3.68. The van der Waals surface area contributed by atoms with Gasteiger partial charge in [0.2, 0.25) is 0 Å². The second kappa shape index (κ2) is 6.87. The van der Waals surface area contributed by atoms with Gasteiger partial charge in [-0.1, -0.05) is 17.7 Å². The molecule has 2 aromatic heterocycles. The molecule has 3 aromatic rings. The first kappa shape index (κ1) is 19.4. The van der Waals surface area contributed by atoms with Gasteiger partial charge in [0, 0.05) is 12.5 Å². The summed E-state index contributed by atoms with van der Waals surface area (Å²) in [4.78, 5) is 17.7. The average Bonchev–Trinajstić information content (AvgIpc) is 3.30. The van der Waals surface area contributed by atoms with Gasteiger partial charge in [-0.25, -0.2) is 0 Å². The number of rotatable bonds is 2. The lowest BCUT2D eigenvalue weighted by molar-refractivity contribution is -0.137. The number of amides is 1. The number of fused-ring (bicyclic) bond motifs is 1. The van der Waals surface area contributed by atoms with E-state index >= 15 is 0 Å². The van der Waals surface area contributed by atoms with Gasteiger partial charge in [-0.2, -0.15) is 23.1 Å². The Bertz CT molecular complexity index is 1060. The van der Waals surface area contributed by atoms with Crippen LogP contribution in [0.2, 0.25) is 5.02 Å². The first-order chi connectivity index (χ1) is 13.7. The number of alkyl halides is 3. The molecule has 1 aliphatic heterocycles. The van der Waals surface area contributed by atoms with Crippen LogP contribution in [0.15, 0.2) is 36.7 Å². The largest absolute Gasteiger partial charge is 0.417 e. The molecule has 0 aliphatic carbocycles. The fraction of sp³-hybridized carbons (Fsp3) is 0.333. The number of aromatic nitrogens is 5. The van der Waals surface area contributed by atoms with Crippen molar-refractivity contribution in [2.24, 2.45) is 0 Å². The number of halogens is 4. The summed E-state index contributed by atoms with van der Waals surface area (Å²) >= 11 is 5.96. The summed E-state index contributed by atoms with van der Waals surface area (Å²) in [5.41, 5.74) is 0.124. The molecule has 1 amide bonds. The predicted octanol–water partition coefficient (Wildman–Crippen LogP) is 3.61. The van der Waals surface area contributed by atoms with E-state index < -0.39 is 28.7 Å². The van der Waals surface area contributed by atoms with Gasteiger partial charge in [0.15, 0.2) is 0 Å². The molecular formula is C18H16ClF3N6O. The van der Waals surface area contributed by atoms with E-state index in [2.05, 4.69) is 15.4 Å². The molecule has 0 unspecified atom stereocenters. The highest BCUT2D eigenvalue weighted by Gasteiger charge is 2.40. The molecule has 0 bridgehead atoms. The van der Waals surface area contributed by atoms with E-state index in [9.17, 15) is 18.0 Å². The van der Waals surface area contributed by atoms with Gasteiger partial charge < -0.3 is 4.90 Å². The Morgan fingerprint density at radius 2 is 2.00 bits per heavy atom. The molecule has 2 atom stereocenters. The quantitative estimate of drug-likeness (QED) is 0.630. The van der Waals surface area contributed by atoms with Crippen molar-refractivity contribution in [3.05, 3.63) is 64.2 Å². The standard InChI is InChI=1S/C18H16ClF3N6O/c1-10-9-14-16(24-25-28(14)26-8-4-7-23-26)11(2)27(10)17(29)12-5-3-6-13(15(12)19)18(20,21)22/h3-8,10-11H,9H2,1-2H3/t10-,11-/m0/s1. The third kappa shape index (κ3) is 3.17. The molecule has 0 spiro atoms. The zero-order valence-corrected chi connectivity index (χ0v) is 16.2. The molecule has 1 aliphatic rings. The maximum absolute atomic E-state index is 13.2. The molecule has 3 heterocycles. The van der Waals surface area contributed by atoms with Crippen LogP contribution in [-0.2, 0) is 12.6 Å². The third-order valence-electron chi connectivity index (χ3n) is 5.00. The molecule has 0 saturated heterocycles. The maximum Gasteiger partial charge on any atom is 0.417 e. The fourth-order valence-corrected chi connectivity index (χ4v) is 3.99. The summed E-state index contributed by atoms with van der Waals surface area (Å²) in [5.74, 6) is -0.583. The van der Waals surface area contributed by atoms with E-state index in [-0.39, 0.29) is 11.6 Å². The molecule has 0 fully saturated rings. The second-order valence-corrected chi connectivity index (χ2v) is 7.22. The Morgan fingerprint density at radius 1 is 1.24 bits per heavy atom. The summed E-state index contributed by atoms with van der Waals surface area (Å²) in [5, 5.41) is 11.8. The number of hydrogen-bond acceptors (Lipinski definition) is 4. The normalized spacial score (nSPS) is 19.3. The van der Waals surface area contributed by atoms with Crippen LogP contribution >= 0.6 is 11.6 Å². The summed E-state index contributed by atoms with van der Waals surface area (Å²) in [7, 11) is 0. The van der Waals surface area contributed by atoms with Crippen LogP contribution in [0.5, 0.6) is 0 Å². The minimum absolute atomic E-state index is 0.192. The summed E-state index contributed by atoms with van der Waals surface area (Å²) in [6.07, 6.45) is -0.916. The number of benzene rings is 1. The number of carbonyl (C=O) groups is 1. The molecule has 7 nitrogen and oxygen atoms in total. The molecule has 0 N–H and O–H groups in total. The summed E-state index contributed by atoms with van der Waals surface area (Å²) in [6.45, 7) is 3.58. The maximum atomic E-state index is 13.2. The van der Waals surface area contributed by atoms with Crippen molar-refractivity contribution in [1.82, 2.24) is 29.9 Å². The van der Waals surface area contributed by atoms with Crippen LogP contribution in [0.4, 0.5) is 13.2 Å². The highest BCUT2D eigenvalue weighted by Crippen LogP contribution is 2.38. The smallest absolute Gasteiger partial charge is 0.327 e. The van der Waals surface area contributed by atoms with Crippen molar-refractivity contribution in [1.29, 1.82) is 0 Å². The van der Waals surface area contributed by atoms with Crippen LogP contribution in [0.25, 0.3) is 0 Å². The molecule has 4 rings (SSSR count). The minimum atomic E-state index is -4.65. The van der Waals surface area contributed by atoms with Crippen molar-refractivity contribution >= 4 is 17.5 Å². The van der Waals surface area contributed by atoms with Gasteiger partial charge in [-0.15, -0.1) is 9.89 Å². The zero-order chi connectivity index (χ0) is 20.9. The van der Waals surface area contributed by atoms with Crippen molar-refractivity contribution in [2.75, 3.05) is 0 Å². The van der Waals surface area contributed by atoms with Gasteiger partial charge >= 0.3 is 6.18 Å². The molecule has 29 heavy (non-hydrogen) atoms. The highest BCUT2D eigenvalue weighted by atomic mass is 35.5. The molecule has 0 radical (unpaired) electrons. The van der Waals surface area contributed by atoms with Gasteiger partial charge in [-0.05, 0) is 37.3 Å². The Morgan fingerprint density at radius 3 is 2.66 bits per heavy atom. The van der Waals surface area contributed by atoms with Crippen molar-refractivity contribution in [3.8, 4) is 0 Å². The Hall–Kier alpha value is -2.88. The van der Waals surface area contributed by atoms with Gasteiger partial charge in [0.05, 0.1) is 40.3 Å². The van der Waals surface area contributed by atoms with Gasteiger partial charge in [-0.3, -0.25) is 4.79 Å². The van der Waals surface area contributed by atoms with Crippen LogP contribution in [0.1, 0.15) is 47.2 Å². The van der Waals surface area contributed by atoms with Gasteiger partial charge in [0.25, 0.3) is 5.91 Å². The number of nitrogens with zero attached hydrogens (tertiary/aromatic N) is 6. The minimum Gasteiger partial charge on any atom is -0.327 e. The van der Waals surface area contributed by atoms with E-state index in [1.165, 1.54) is 21.8 Å². The Labute approximate surface area is 168 Å². The monoisotopic (exact) mass is 424 g/mol. The topological polar surface area (TPSA) is 68.8 Å². The van der Waals surface area contributed by atoms with Crippen LogP contribution in [0, 0.1) is 0 Å². The van der Waals surface area contributed by atoms with Crippen molar-refractivity contribution < 1.29 is 18.0 Å². The van der Waals surface area contributed by atoms with E-state index in [0.29, 0.717) is 12.1 Å². The Balaban J connectivity index is 1.72. The molecule has 1 aromatic carbocycles. The van der Waals surface area contributed by atoms with E-state index in [4.69, 9.17) is 11.6 Å². The molecule has 152 valence electrons. The summed E-state index contributed by atoms with van der Waals surface area (Å²) < 4.78 is 39.6. The molecule has 11 heteroatoms. The zero-order valence-electron chi connectivity index (χ0n) is 15.4. The van der Waals surface area contributed by atoms with E-state index in [0.717, 1.165) is 11.8 Å². The van der Waals surface area contributed by atoms with Crippen molar-refractivity contribution in [2.45, 2.75) is 38.5 Å². The lowest BCUT2D eigenvalue weighted by Crippen LogP contribution is -2.45. The number of hydrogen-bond donors (Lipinski definition) is 0.